The van der Waals surface area contributed by atoms with Crippen molar-refractivity contribution in [3.63, 3.8) is 0 Å². The van der Waals surface area contributed by atoms with Gasteiger partial charge in [0.1, 0.15) is 0 Å². The van der Waals surface area contributed by atoms with Crippen LogP contribution in [-0.2, 0) is 4.79 Å². The van der Waals surface area contributed by atoms with Crippen LogP contribution in [0, 0.1) is 5.95 Å². The van der Waals surface area contributed by atoms with E-state index in [9.17, 15) is 9.18 Å². The molecule has 5 heteroatoms. The van der Waals surface area contributed by atoms with Crippen molar-refractivity contribution in [2.45, 2.75) is 5.92 Å². The molecule has 0 aliphatic carbocycles. The van der Waals surface area contributed by atoms with E-state index < -0.39 is 17.8 Å². The summed E-state index contributed by atoms with van der Waals surface area (Å²) in [4.78, 5) is 15.7. The number of pyridine rings is 1. The van der Waals surface area contributed by atoms with Crippen molar-refractivity contribution in [1.29, 1.82) is 0 Å². The van der Waals surface area contributed by atoms with Crippen LogP contribution in [0.25, 0.3) is 11.1 Å². The average molecular weight is 322 g/mol. The number of rotatable bonds is 4. The molecule has 0 radical (unpaired) electrons. The second kappa shape index (κ2) is 7.02. The van der Waals surface area contributed by atoms with Crippen molar-refractivity contribution >= 4 is 5.91 Å². The molecule has 0 fully saturated rings. The Morgan fingerprint density at radius 1 is 0.917 bits per heavy atom. The molecule has 1 unspecified atom stereocenters. The summed E-state index contributed by atoms with van der Waals surface area (Å²) < 4.78 is 12.9. The molecule has 0 saturated heterocycles. The highest BCUT2D eigenvalue weighted by molar-refractivity contribution is 5.86. The molecule has 1 atom stereocenters. The van der Waals surface area contributed by atoms with Gasteiger partial charge >= 0.3 is 0 Å². The van der Waals surface area contributed by atoms with E-state index in [4.69, 9.17) is 5.21 Å². The fraction of sp³-hybridized carbons (Fsp3) is 0.0526. The number of hydrogen-bond donors (Lipinski definition) is 2. The van der Waals surface area contributed by atoms with Crippen LogP contribution in [-0.4, -0.2) is 16.1 Å². The third-order valence-corrected chi connectivity index (χ3v) is 3.81. The zero-order valence-corrected chi connectivity index (χ0v) is 12.7. The Morgan fingerprint density at radius 2 is 1.54 bits per heavy atom. The molecule has 0 aliphatic heterocycles. The Kier molecular flexibility index (Phi) is 4.63. The molecule has 0 saturated carbocycles. The van der Waals surface area contributed by atoms with Crippen molar-refractivity contribution in [1.82, 2.24) is 10.5 Å². The Bertz CT molecular complexity index is 818. The highest BCUT2D eigenvalue weighted by Crippen LogP contribution is 2.27. The standard InChI is InChI=1S/C19H15FN2O2/c20-17-11-10-16(12-21-17)13-6-8-15(9-7-13)18(19(23)22-24)14-4-2-1-3-5-14/h1-12,18,24H,(H,22,23). The minimum Gasteiger partial charge on any atom is -0.289 e. The number of nitrogens with one attached hydrogen (secondary N) is 1. The van der Waals surface area contributed by atoms with Crippen LogP contribution in [0.4, 0.5) is 4.39 Å². The molecule has 0 aliphatic rings. The van der Waals surface area contributed by atoms with Crippen molar-refractivity contribution in [2.24, 2.45) is 0 Å². The van der Waals surface area contributed by atoms with Gasteiger partial charge in [-0.25, -0.2) is 10.5 Å². The molecule has 120 valence electrons. The van der Waals surface area contributed by atoms with Crippen LogP contribution < -0.4 is 5.48 Å². The average Bonchev–Trinajstić information content (AvgIpc) is 2.64. The van der Waals surface area contributed by atoms with Gasteiger partial charge in [-0.1, -0.05) is 54.6 Å². The van der Waals surface area contributed by atoms with E-state index in [0.29, 0.717) is 0 Å². The maximum atomic E-state index is 12.9. The summed E-state index contributed by atoms with van der Waals surface area (Å²) in [5.41, 5.74) is 4.89. The number of carbonyl (C=O) groups is 1. The van der Waals surface area contributed by atoms with Gasteiger partial charge in [0.15, 0.2) is 0 Å². The minimum atomic E-state index is -0.614. The van der Waals surface area contributed by atoms with Gasteiger partial charge in [-0.15, -0.1) is 0 Å². The van der Waals surface area contributed by atoms with Crippen LogP contribution in [0.1, 0.15) is 17.0 Å². The van der Waals surface area contributed by atoms with Gasteiger partial charge in [0.2, 0.25) is 5.95 Å². The summed E-state index contributed by atoms with van der Waals surface area (Å²) in [5.74, 6) is -1.65. The SMILES string of the molecule is O=C(NO)C(c1ccccc1)c1ccc(-c2ccc(F)nc2)cc1. The minimum absolute atomic E-state index is 0.502. The maximum Gasteiger partial charge on any atom is 0.255 e. The summed E-state index contributed by atoms with van der Waals surface area (Å²) in [5, 5.41) is 9.04. The fourth-order valence-electron chi connectivity index (χ4n) is 2.62. The number of benzene rings is 2. The lowest BCUT2D eigenvalue weighted by atomic mass is 9.89. The molecule has 2 aromatic carbocycles. The van der Waals surface area contributed by atoms with Gasteiger partial charge in [0, 0.05) is 11.8 Å². The molecular weight excluding hydrogens is 307 g/mol. The van der Waals surface area contributed by atoms with Crippen LogP contribution in [0.15, 0.2) is 72.9 Å². The van der Waals surface area contributed by atoms with Crippen LogP contribution in [0.2, 0.25) is 0 Å². The molecule has 0 bridgehead atoms. The molecule has 2 N–H and O–H groups in total. The molecule has 24 heavy (non-hydrogen) atoms. The number of amides is 1. The van der Waals surface area contributed by atoms with Crippen molar-refractivity contribution in [2.75, 3.05) is 0 Å². The highest BCUT2D eigenvalue weighted by Gasteiger charge is 2.22. The number of halogens is 1. The molecule has 0 spiro atoms. The van der Waals surface area contributed by atoms with Crippen molar-refractivity contribution < 1.29 is 14.4 Å². The molecular formula is C19H15FN2O2. The summed E-state index contributed by atoms with van der Waals surface area (Å²) in [6, 6.07) is 19.4. The number of aromatic nitrogens is 1. The van der Waals surface area contributed by atoms with Crippen molar-refractivity contribution in [3.8, 4) is 11.1 Å². The number of hydrogen-bond acceptors (Lipinski definition) is 3. The third kappa shape index (κ3) is 3.31. The Hall–Kier alpha value is -3.05. The summed E-state index contributed by atoms with van der Waals surface area (Å²) in [6.07, 6.45) is 1.46. The number of carbonyl (C=O) groups excluding carboxylic acids is 1. The normalized spacial score (nSPS) is 11.8. The first-order chi connectivity index (χ1) is 11.7. The first kappa shape index (κ1) is 15.8. The first-order valence-electron chi connectivity index (χ1n) is 7.40. The van der Waals surface area contributed by atoms with E-state index in [0.717, 1.165) is 22.3 Å². The Balaban J connectivity index is 1.95. The van der Waals surface area contributed by atoms with Crippen LogP contribution in [0.3, 0.4) is 0 Å². The van der Waals surface area contributed by atoms with Gasteiger partial charge < -0.3 is 0 Å². The molecule has 1 heterocycles. The topological polar surface area (TPSA) is 62.2 Å². The summed E-state index contributed by atoms with van der Waals surface area (Å²) in [6.45, 7) is 0. The van der Waals surface area contributed by atoms with Crippen molar-refractivity contribution in [3.05, 3.63) is 90.0 Å². The lowest BCUT2D eigenvalue weighted by Gasteiger charge is -2.16. The zero-order valence-electron chi connectivity index (χ0n) is 12.7. The molecule has 3 rings (SSSR count). The smallest absolute Gasteiger partial charge is 0.255 e. The largest absolute Gasteiger partial charge is 0.289 e. The molecule has 1 aromatic heterocycles. The van der Waals surface area contributed by atoms with Crippen LogP contribution >= 0.6 is 0 Å². The van der Waals surface area contributed by atoms with E-state index in [1.165, 1.54) is 12.3 Å². The highest BCUT2D eigenvalue weighted by atomic mass is 19.1. The summed E-state index contributed by atoms with van der Waals surface area (Å²) >= 11 is 0. The lowest BCUT2D eigenvalue weighted by molar-refractivity contribution is -0.129. The lowest BCUT2D eigenvalue weighted by Crippen LogP contribution is -2.27. The second-order valence-corrected chi connectivity index (χ2v) is 5.31. The van der Waals surface area contributed by atoms with E-state index in [-0.39, 0.29) is 0 Å². The quantitative estimate of drug-likeness (QED) is 0.439. The van der Waals surface area contributed by atoms with Gasteiger partial charge in [-0.05, 0) is 28.8 Å². The van der Waals surface area contributed by atoms with Gasteiger partial charge in [-0.2, -0.15) is 4.39 Å². The third-order valence-electron chi connectivity index (χ3n) is 3.81. The van der Waals surface area contributed by atoms with E-state index in [1.54, 1.807) is 11.5 Å². The van der Waals surface area contributed by atoms with E-state index in [2.05, 4.69) is 4.98 Å². The predicted octanol–water partition coefficient (Wildman–Crippen LogP) is 3.53. The van der Waals surface area contributed by atoms with E-state index in [1.807, 2.05) is 54.6 Å². The first-order valence-corrected chi connectivity index (χ1v) is 7.40. The van der Waals surface area contributed by atoms with E-state index >= 15 is 0 Å². The maximum absolute atomic E-state index is 12.9. The zero-order chi connectivity index (χ0) is 16.9. The Labute approximate surface area is 138 Å². The second-order valence-electron chi connectivity index (χ2n) is 5.31. The molecule has 1 amide bonds. The summed E-state index contributed by atoms with van der Waals surface area (Å²) in [7, 11) is 0. The monoisotopic (exact) mass is 322 g/mol. The molecule has 3 aromatic rings. The number of nitrogens with zero attached hydrogens (tertiary/aromatic N) is 1. The van der Waals surface area contributed by atoms with Crippen LogP contribution in [0.5, 0.6) is 0 Å². The van der Waals surface area contributed by atoms with Gasteiger partial charge in [-0.3, -0.25) is 10.0 Å². The number of hydroxylamine groups is 1. The predicted molar refractivity (Wildman–Crippen MR) is 87.8 cm³/mol. The van der Waals surface area contributed by atoms with Gasteiger partial charge in [0.25, 0.3) is 5.91 Å². The van der Waals surface area contributed by atoms with Gasteiger partial charge in [0.05, 0.1) is 5.92 Å². The Morgan fingerprint density at radius 3 is 2.12 bits per heavy atom. The fourth-order valence-corrected chi connectivity index (χ4v) is 2.62. The molecule has 4 nitrogen and oxygen atoms in total.